The van der Waals surface area contributed by atoms with Gasteiger partial charge >= 0.3 is 0 Å². The number of amides is 1. The predicted molar refractivity (Wildman–Crippen MR) is 73.1 cm³/mol. The Morgan fingerprint density at radius 2 is 2.30 bits per heavy atom. The van der Waals surface area contributed by atoms with Crippen LogP contribution in [0.4, 0.5) is 4.39 Å². The van der Waals surface area contributed by atoms with E-state index in [-0.39, 0.29) is 24.2 Å². The van der Waals surface area contributed by atoms with Gasteiger partial charge in [0.15, 0.2) is 0 Å². The van der Waals surface area contributed by atoms with Crippen molar-refractivity contribution in [2.75, 3.05) is 20.1 Å². The van der Waals surface area contributed by atoms with Gasteiger partial charge in [-0.15, -0.1) is 0 Å². The van der Waals surface area contributed by atoms with Crippen molar-refractivity contribution in [3.8, 4) is 6.07 Å². The third kappa shape index (κ3) is 2.97. The minimum Gasteiger partial charge on any atom is -0.341 e. The van der Waals surface area contributed by atoms with Gasteiger partial charge in [-0.25, -0.2) is 4.39 Å². The van der Waals surface area contributed by atoms with Crippen LogP contribution in [0.3, 0.4) is 0 Å². The maximum Gasteiger partial charge on any atom is 0.227 e. The van der Waals surface area contributed by atoms with Crippen LogP contribution in [0.5, 0.6) is 0 Å². The van der Waals surface area contributed by atoms with Gasteiger partial charge in [-0.2, -0.15) is 5.26 Å². The van der Waals surface area contributed by atoms with Crippen LogP contribution < -0.4 is 5.32 Å². The largest absolute Gasteiger partial charge is 0.341 e. The molecule has 0 aliphatic carbocycles. The van der Waals surface area contributed by atoms with Crippen LogP contribution in [0, 0.1) is 29.0 Å². The molecule has 0 aromatic heterocycles. The van der Waals surface area contributed by atoms with Gasteiger partial charge in [0.1, 0.15) is 5.82 Å². The molecule has 0 unspecified atom stereocenters. The molecule has 2 rings (SSSR count). The van der Waals surface area contributed by atoms with Crippen LogP contribution in [0.25, 0.3) is 0 Å². The molecule has 106 valence electrons. The lowest BCUT2D eigenvalue weighted by molar-refractivity contribution is -0.135. The van der Waals surface area contributed by atoms with E-state index in [0.717, 1.165) is 6.54 Å². The first-order chi connectivity index (χ1) is 9.52. The molecule has 2 atom stereocenters. The molecule has 0 bridgehead atoms. The first kappa shape index (κ1) is 14.5. The lowest BCUT2D eigenvalue weighted by Crippen LogP contribution is -2.35. The SMILES string of the molecule is C[C@@H]1CNC[C@H]1C(=O)N(C)Cc1cc(C#N)ccc1F. The summed E-state index contributed by atoms with van der Waals surface area (Å²) in [6.45, 7) is 3.73. The zero-order chi connectivity index (χ0) is 14.7. The van der Waals surface area contributed by atoms with Crippen molar-refractivity contribution < 1.29 is 9.18 Å². The number of carbonyl (C=O) groups is 1. The molecule has 5 heteroatoms. The number of halogens is 1. The summed E-state index contributed by atoms with van der Waals surface area (Å²) in [5.74, 6) is -0.132. The molecule has 20 heavy (non-hydrogen) atoms. The van der Waals surface area contributed by atoms with Gasteiger partial charge in [-0.1, -0.05) is 6.92 Å². The Balaban J connectivity index is 2.09. The molecule has 1 aliphatic heterocycles. The Morgan fingerprint density at radius 3 is 2.90 bits per heavy atom. The van der Waals surface area contributed by atoms with E-state index in [1.165, 1.54) is 23.1 Å². The zero-order valence-electron chi connectivity index (χ0n) is 11.7. The number of hydrogen-bond donors (Lipinski definition) is 1. The van der Waals surface area contributed by atoms with E-state index in [1.54, 1.807) is 7.05 Å². The summed E-state index contributed by atoms with van der Waals surface area (Å²) in [6, 6.07) is 6.18. The number of rotatable bonds is 3. The third-order valence-electron chi connectivity index (χ3n) is 3.79. The first-order valence-corrected chi connectivity index (χ1v) is 6.67. The van der Waals surface area contributed by atoms with Crippen molar-refractivity contribution in [3.63, 3.8) is 0 Å². The van der Waals surface area contributed by atoms with Crippen LogP contribution in [0.1, 0.15) is 18.1 Å². The molecule has 1 saturated heterocycles. The maximum absolute atomic E-state index is 13.7. The average molecular weight is 275 g/mol. The van der Waals surface area contributed by atoms with E-state index in [1.807, 2.05) is 13.0 Å². The van der Waals surface area contributed by atoms with E-state index in [4.69, 9.17) is 5.26 Å². The molecule has 1 aromatic carbocycles. The van der Waals surface area contributed by atoms with Crippen LogP contribution in [0.15, 0.2) is 18.2 Å². The Kier molecular flexibility index (Phi) is 4.35. The van der Waals surface area contributed by atoms with Crippen molar-refractivity contribution in [2.24, 2.45) is 11.8 Å². The van der Waals surface area contributed by atoms with Gasteiger partial charge in [-0.3, -0.25) is 4.79 Å². The van der Waals surface area contributed by atoms with E-state index in [2.05, 4.69) is 5.32 Å². The van der Waals surface area contributed by atoms with Crippen LogP contribution >= 0.6 is 0 Å². The molecular weight excluding hydrogens is 257 g/mol. The molecule has 1 N–H and O–H groups in total. The Morgan fingerprint density at radius 1 is 1.55 bits per heavy atom. The number of nitriles is 1. The molecular formula is C15H18FN3O. The normalized spacial score (nSPS) is 21.5. The second-order valence-electron chi connectivity index (χ2n) is 5.35. The van der Waals surface area contributed by atoms with E-state index >= 15 is 0 Å². The fourth-order valence-corrected chi connectivity index (χ4v) is 2.52. The summed E-state index contributed by atoms with van der Waals surface area (Å²) < 4.78 is 13.7. The zero-order valence-corrected chi connectivity index (χ0v) is 11.7. The maximum atomic E-state index is 13.7. The quantitative estimate of drug-likeness (QED) is 0.909. The second kappa shape index (κ2) is 6.02. The Labute approximate surface area is 118 Å². The molecule has 4 nitrogen and oxygen atoms in total. The fraction of sp³-hybridized carbons (Fsp3) is 0.467. The molecule has 1 aliphatic rings. The summed E-state index contributed by atoms with van der Waals surface area (Å²) in [7, 11) is 1.67. The van der Waals surface area contributed by atoms with E-state index in [0.29, 0.717) is 23.6 Å². The lowest BCUT2D eigenvalue weighted by Gasteiger charge is -2.23. The number of nitrogens with one attached hydrogen (secondary N) is 1. The molecule has 1 fully saturated rings. The van der Waals surface area contributed by atoms with Crippen molar-refractivity contribution >= 4 is 5.91 Å². The van der Waals surface area contributed by atoms with Crippen molar-refractivity contribution in [1.82, 2.24) is 10.2 Å². The summed E-state index contributed by atoms with van der Waals surface area (Å²) in [4.78, 5) is 13.9. The monoisotopic (exact) mass is 275 g/mol. The highest BCUT2D eigenvalue weighted by Gasteiger charge is 2.31. The van der Waals surface area contributed by atoms with Crippen LogP contribution in [-0.4, -0.2) is 30.9 Å². The van der Waals surface area contributed by atoms with E-state index in [9.17, 15) is 9.18 Å². The topological polar surface area (TPSA) is 56.1 Å². The third-order valence-corrected chi connectivity index (χ3v) is 3.79. The molecule has 0 saturated carbocycles. The van der Waals surface area contributed by atoms with Gasteiger partial charge in [0.05, 0.1) is 17.6 Å². The van der Waals surface area contributed by atoms with Crippen molar-refractivity contribution in [1.29, 1.82) is 5.26 Å². The second-order valence-corrected chi connectivity index (χ2v) is 5.35. The molecule has 1 heterocycles. The highest BCUT2D eigenvalue weighted by Crippen LogP contribution is 2.20. The highest BCUT2D eigenvalue weighted by atomic mass is 19.1. The standard InChI is InChI=1S/C15H18FN3O/c1-10-7-18-8-13(10)15(20)19(2)9-12-5-11(6-17)3-4-14(12)16/h3-5,10,13,18H,7-9H2,1-2H3/t10-,13-/m1/s1. The summed E-state index contributed by atoms with van der Waals surface area (Å²) in [5.41, 5.74) is 0.775. The van der Waals surface area contributed by atoms with Crippen LogP contribution in [-0.2, 0) is 11.3 Å². The Bertz CT molecular complexity index is 553. The summed E-state index contributed by atoms with van der Waals surface area (Å²) in [6.07, 6.45) is 0. The predicted octanol–water partition coefficient (Wildman–Crippen LogP) is 1.51. The smallest absolute Gasteiger partial charge is 0.227 e. The summed E-state index contributed by atoms with van der Waals surface area (Å²) >= 11 is 0. The van der Waals surface area contributed by atoms with Gasteiger partial charge in [0.2, 0.25) is 5.91 Å². The van der Waals surface area contributed by atoms with Crippen molar-refractivity contribution in [2.45, 2.75) is 13.5 Å². The minimum absolute atomic E-state index is 0.0178. The Hall–Kier alpha value is -1.93. The number of carbonyl (C=O) groups excluding carboxylic acids is 1. The highest BCUT2D eigenvalue weighted by molar-refractivity contribution is 5.79. The molecule has 1 amide bonds. The fourth-order valence-electron chi connectivity index (χ4n) is 2.52. The minimum atomic E-state index is -0.388. The molecule has 0 spiro atoms. The van der Waals surface area contributed by atoms with Gasteiger partial charge < -0.3 is 10.2 Å². The van der Waals surface area contributed by atoms with Gasteiger partial charge in [-0.05, 0) is 30.7 Å². The number of nitrogens with zero attached hydrogens (tertiary/aromatic N) is 2. The van der Waals surface area contributed by atoms with Gasteiger partial charge in [0.25, 0.3) is 0 Å². The first-order valence-electron chi connectivity index (χ1n) is 6.67. The van der Waals surface area contributed by atoms with Crippen LogP contribution in [0.2, 0.25) is 0 Å². The number of hydrogen-bond acceptors (Lipinski definition) is 3. The lowest BCUT2D eigenvalue weighted by atomic mass is 9.96. The van der Waals surface area contributed by atoms with Crippen molar-refractivity contribution in [3.05, 3.63) is 35.1 Å². The summed E-state index contributed by atoms with van der Waals surface area (Å²) in [5, 5.41) is 12.0. The molecule has 0 radical (unpaired) electrons. The van der Waals surface area contributed by atoms with E-state index < -0.39 is 0 Å². The number of benzene rings is 1. The van der Waals surface area contributed by atoms with Gasteiger partial charge in [0, 0.05) is 25.7 Å². The molecule has 1 aromatic rings. The average Bonchev–Trinajstić information content (AvgIpc) is 2.86.